The van der Waals surface area contributed by atoms with Crippen LogP contribution in [-0.2, 0) is 41.8 Å². The Labute approximate surface area is 229 Å². The van der Waals surface area contributed by atoms with Crippen LogP contribution >= 0.6 is 7.82 Å². The maximum Gasteiger partial charge on any atom is 0.510 e. The van der Waals surface area contributed by atoms with Crippen LogP contribution < -0.4 is 17.2 Å². The molecule has 2 rings (SSSR count). The molecular weight excluding hydrogens is 566 g/mol. The molecule has 0 saturated carbocycles. The van der Waals surface area contributed by atoms with Crippen molar-refractivity contribution in [3.63, 3.8) is 0 Å². The predicted molar refractivity (Wildman–Crippen MR) is 133 cm³/mol. The number of phosphoric ester groups is 1. The molecule has 2 heterocycles. The van der Waals surface area contributed by atoms with Crippen LogP contribution in [0.3, 0.4) is 0 Å². The summed E-state index contributed by atoms with van der Waals surface area (Å²) in [5.41, 5.74) is 7.09. The van der Waals surface area contributed by atoms with Crippen LogP contribution in [0.2, 0.25) is 0 Å². The van der Waals surface area contributed by atoms with Gasteiger partial charge in [0.25, 0.3) is 0 Å². The molecule has 1 fully saturated rings. The van der Waals surface area contributed by atoms with Crippen molar-refractivity contribution in [2.24, 2.45) is 5.73 Å². The summed E-state index contributed by atoms with van der Waals surface area (Å²) in [4.78, 5) is 38.7. The second kappa shape index (κ2) is 15.8. The number of phosphoric acid groups is 1. The lowest BCUT2D eigenvalue weighted by atomic mass is 9.99. The van der Waals surface area contributed by atoms with Gasteiger partial charge >= 0.3 is 25.8 Å². The first-order valence-corrected chi connectivity index (χ1v) is 13.2. The molecule has 17 nitrogen and oxygen atoms in total. The Morgan fingerprint density at radius 1 is 1.12 bits per heavy atom. The standard InChI is InChI=1S/C20H31FN3O13P.CH5N/c1-11(2)35-18(27)30-9-33-38(29,34-10-31-19(28)36-12(3)4)32-8-20(5)15(25)14(21)16(37-20)24-7-6-13(22)23-17(24)26;1-2/h6-7,11-12,14-16,25H,8-10H2,1-5H3,(H2,22,23,26);2H2,1H3/t14-,15+,16-,20-;/m1./s1. The van der Waals surface area contributed by atoms with Gasteiger partial charge in [-0.1, -0.05) is 0 Å². The molecule has 40 heavy (non-hydrogen) atoms. The lowest BCUT2D eigenvalue weighted by Gasteiger charge is -2.28. The van der Waals surface area contributed by atoms with E-state index in [1.807, 2.05) is 0 Å². The van der Waals surface area contributed by atoms with Gasteiger partial charge in [0.15, 0.2) is 12.4 Å². The third kappa shape index (κ3) is 10.6. The topological polar surface area (TPSA) is 232 Å². The largest absolute Gasteiger partial charge is 0.510 e. The highest BCUT2D eigenvalue weighted by Crippen LogP contribution is 2.51. The van der Waals surface area contributed by atoms with Crippen molar-refractivity contribution in [1.29, 1.82) is 0 Å². The lowest BCUT2D eigenvalue weighted by molar-refractivity contribution is -0.121. The number of aliphatic hydroxyl groups is 1. The number of carbonyl (C=O) groups excluding carboxylic acids is 2. The van der Waals surface area contributed by atoms with Crippen LogP contribution in [-0.4, -0.2) is 84.3 Å². The maximum absolute atomic E-state index is 14.9. The van der Waals surface area contributed by atoms with Crippen molar-refractivity contribution in [2.45, 2.75) is 70.9 Å². The summed E-state index contributed by atoms with van der Waals surface area (Å²) in [5.74, 6) is -0.111. The van der Waals surface area contributed by atoms with Crippen molar-refractivity contribution in [3.05, 3.63) is 22.7 Å². The summed E-state index contributed by atoms with van der Waals surface area (Å²) in [6.45, 7) is 4.63. The van der Waals surface area contributed by atoms with Crippen LogP contribution in [0.15, 0.2) is 17.1 Å². The van der Waals surface area contributed by atoms with Gasteiger partial charge in [0, 0.05) is 6.20 Å². The predicted octanol–water partition coefficient (Wildman–Crippen LogP) is 1.58. The summed E-state index contributed by atoms with van der Waals surface area (Å²) in [6.07, 6.45) is -7.90. The Balaban J connectivity index is 0.00000391. The van der Waals surface area contributed by atoms with Gasteiger partial charge in [-0.3, -0.25) is 9.09 Å². The zero-order valence-corrected chi connectivity index (χ0v) is 23.8. The number of alkyl halides is 1. The average molecular weight is 603 g/mol. The van der Waals surface area contributed by atoms with Gasteiger partial charge < -0.3 is 40.3 Å². The first kappa shape index (κ1) is 35.2. The molecule has 0 radical (unpaired) electrons. The zero-order valence-electron chi connectivity index (χ0n) is 22.9. The fourth-order valence-corrected chi connectivity index (χ4v) is 3.90. The van der Waals surface area contributed by atoms with E-state index in [-0.39, 0.29) is 5.82 Å². The van der Waals surface area contributed by atoms with Crippen molar-refractivity contribution in [1.82, 2.24) is 9.55 Å². The SMILES string of the molecule is CC(C)OC(=O)OCOP(=O)(OCOC(=O)OC(C)C)OC[C@@]1(C)O[C@@H](n2ccc(N)nc2=O)[C@H](F)[C@@H]1O.CN. The molecule has 4 atom stereocenters. The molecule has 0 aromatic carbocycles. The van der Waals surface area contributed by atoms with Crippen LogP contribution in [0.5, 0.6) is 0 Å². The second-order valence-electron chi connectivity index (χ2n) is 8.59. The molecule has 1 aromatic heterocycles. The van der Waals surface area contributed by atoms with Crippen LogP contribution in [0.25, 0.3) is 0 Å². The van der Waals surface area contributed by atoms with E-state index in [4.69, 9.17) is 33.5 Å². The number of carbonyl (C=O) groups is 2. The van der Waals surface area contributed by atoms with Crippen molar-refractivity contribution < 1.29 is 60.9 Å². The summed E-state index contributed by atoms with van der Waals surface area (Å²) < 4.78 is 68.0. The maximum atomic E-state index is 14.9. The number of aliphatic hydroxyl groups excluding tert-OH is 1. The zero-order chi connectivity index (χ0) is 30.7. The van der Waals surface area contributed by atoms with Gasteiger partial charge in [-0.2, -0.15) is 4.98 Å². The average Bonchev–Trinajstić information content (AvgIpc) is 3.07. The number of nitrogens with two attached hydrogens (primary N) is 2. The molecule has 0 spiro atoms. The number of halogens is 1. The molecule has 1 saturated heterocycles. The van der Waals surface area contributed by atoms with Crippen molar-refractivity contribution in [2.75, 3.05) is 33.0 Å². The first-order chi connectivity index (χ1) is 18.7. The van der Waals surface area contributed by atoms with E-state index >= 15 is 0 Å². The molecule has 0 bridgehead atoms. The smallest absolute Gasteiger partial charge is 0.432 e. The van der Waals surface area contributed by atoms with Gasteiger partial charge in [-0.15, -0.1) is 0 Å². The molecule has 0 amide bonds. The number of hydrogen-bond donors (Lipinski definition) is 3. The van der Waals surface area contributed by atoms with E-state index in [1.54, 1.807) is 27.7 Å². The Morgan fingerprint density at radius 2 is 1.62 bits per heavy atom. The van der Waals surface area contributed by atoms with E-state index in [0.29, 0.717) is 0 Å². The van der Waals surface area contributed by atoms with E-state index in [0.717, 1.165) is 10.8 Å². The molecule has 1 aliphatic rings. The van der Waals surface area contributed by atoms with Gasteiger partial charge in [0.05, 0.1) is 18.8 Å². The molecule has 19 heteroatoms. The summed E-state index contributed by atoms with van der Waals surface area (Å²) in [5, 5.41) is 10.5. The van der Waals surface area contributed by atoms with E-state index in [2.05, 4.69) is 20.2 Å². The fraction of sp³-hybridized carbons (Fsp3) is 0.714. The van der Waals surface area contributed by atoms with E-state index in [9.17, 15) is 28.4 Å². The number of nitrogen functional groups attached to an aromatic ring is 1. The Morgan fingerprint density at radius 3 is 2.08 bits per heavy atom. The van der Waals surface area contributed by atoms with Crippen molar-refractivity contribution >= 4 is 26.0 Å². The van der Waals surface area contributed by atoms with Crippen LogP contribution in [0.4, 0.5) is 19.8 Å². The third-order valence-electron chi connectivity index (χ3n) is 4.66. The number of aromatic nitrogens is 2. The molecule has 0 aliphatic carbocycles. The fourth-order valence-electron chi connectivity index (χ4n) is 2.90. The Kier molecular flexibility index (Phi) is 13.9. The highest BCUT2D eigenvalue weighted by molar-refractivity contribution is 7.48. The number of anilines is 1. The summed E-state index contributed by atoms with van der Waals surface area (Å²) in [6, 6.07) is 1.22. The summed E-state index contributed by atoms with van der Waals surface area (Å²) >= 11 is 0. The first-order valence-electron chi connectivity index (χ1n) is 11.8. The highest BCUT2D eigenvalue weighted by atomic mass is 31.2. The molecule has 1 aliphatic heterocycles. The molecule has 5 N–H and O–H groups in total. The third-order valence-corrected chi connectivity index (χ3v) is 5.95. The highest BCUT2D eigenvalue weighted by Gasteiger charge is 2.54. The Bertz CT molecular complexity index is 1040. The number of ether oxygens (including phenoxy) is 5. The monoisotopic (exact) mass is 602 g/mol. The minimum atomic E-state index is -4.73. The molecular formula is C21H36FN4O13P. The number of hydrogen-bond acceptors (Lipinski definition) is 16. The quantitative estimate of drug-likeness (QED) is 0.175. The minimum absolute atomic E-state index is 0.111. The van der Waals surface area contributed by atoms with Gasteiger partial charge in [-0.25, -0.2) is 32.4 Å². The van der Waals surface area contributed by atoms with Gasteiger partial charge in [0.2, 0.25) is 13.6 Å². The minimum Gasteiger partial charge on any atom is -0.432 e. The molecule has 230 valence electrons. The number of nitrogens with zero attached hydrogens (tertiary/aromatic N) is 2. The summed E-state index contributed by atoms with van der Waals surface area (Å²) in [7, 11) is -3.23. The lowest BCUT2D eigenvalue weighted by Crippen LogP contribution is -2.43. The molecule has 0 unspecified atom stereocenters. The Hall–Kier alpha value is -2.86. The molecule has 1 aromatic rings. The van der Waals surface area contributed by atoms with E-state index < -0.39 is 82.3 Å². The van der Waals surface area contributed by atoms with Crippen LogP contribution in [0, 0.1) is 0 Å². The van der Waals surface area contributed by atoms with Gasteiger partial charge in [-0.05, 0) is 47.7 Å². The van der Waals surface area contributed by atoms with Crippen molar-refractivity contribution in [3.8, 4) is 0 Å². The van der Waals surface area contributed by atoms with E-state index in [1.165, 1.54) is 20.0 Å². The van der Waals surface area contributed by atoms with Crippen LogP contribution in [0.1, 0.15) is 40.8 Å². The number of rotatable bonds is 12. The normalized spacial score (nSPS) is 22.4. The second-order valence-corrected chi connectivity index (χ2v) is 10.3. The van der Waals surface area contributed by atoms with Gasteiger partial charge in [0.1, 0.15) is 17.5 Å².